The van der Waals surface area contributed by atoms with E-state index in [2.05, 4.69) is 5.32 Å². The predicted octanol–water partition coefficient (Wildman–Crippen LogP) is 3.42. The van der Waals surface area contributed by atoms with E-state index in [4.69, 9.17) is 11.6 Å². The molecule has 0 saturated carbocycles. The molecule has 0 aliphatic rings. The molecule has 0 spiro atoms. The van der Waals surface area contributed by atoms with Crippen molar-refractivity contribution in [2.45, 2.75) is 25.1 Å². The summed E-state index contributed by atoms with van der Waals surface area (Å²) in [7, 11) is 1.53. The van der Waals surface area contributed by atoms with Gasteiger partial charge in [-0.2, -0.15) is 13.2 Å². The van der Waals surface area contributed by atoms with E-state index in [0.29, 0.717) is 11.4 Å². The van der Waals surface area contributed by atoms with E-state index in [0.717, 1.165) is 5.56 Å². The van der Waals surface area contributed by atoms with E-state index in [1.165, 1.54) is 7.05 Å². The van der Waals surface area contributed by atoms with Gasteiger partial charge >= 0.3 is 6.18 Å². The summed E-state index contributed by atoms with van der Waals surface area (Å²) in [6.45, 7) is 0. The Labute approximate surface area is 97.6 Å². The van der Waals surface area contributed by atoms with Crippen LogP contribution in [-0.4, -0.2) is 19.3 Å². The van der Waals surface area contributed by atoms with Gasteiger partial charge in [0.25, 0.3) is 0 Å². The molecule has 0 aliphatic heterocycles. The molecule has 0 radical (unpaired) electrons. The van der Waals surface area contributed by atoms with Crippen LogP contribution < -0.4 is 5.32 Å². The molecule has 0 saturated heterocycles. The lowest BCUT2D eigenvalue weighted by Crippen LogP contribution is -2.32. The Morgan fingerprint density at radius 2 is 1.81 bits per heavy atom. The van der Waals surface area contributed by atoms with Gasteiger partial charge in [-0.25, -0.2) is 0 Å². The van der Waals surface area contributed by atoms with Crippen LogP contribution in [-0.2, 0) is 6.42 Å². The second kappa shape index (κ2) is 5.55. The average Bonchev–Trinajstić information content (AvgIpc) is 2.18. The molecule has 0 fully saturated rings. The molecule has 16 heavy (non-hydrogen) atoms. The van der Waals surface area contributed by atoms with Crippen LogP contribution in [0.2, 0.25) is 5.02 Å². The number of likely N-dealkylation sites (N-methyl/N-ethyl adjacent to an activating group) is 1. The number of benzene rings is 1. The fourth-order valence-corrected chi connectivity index (χ4v) is 1.59. The van der Waals surface area contributed by atoms with Crippen LogP contribution in [0.1, 0.15) is 12.0 Å². The summed E-state index contributed by atoms with van der Waals surface area (Å²) in [5, 5.41) is 3.25. The normalized spacial score (nSPS) is 13.8. The Hall–Kier alpha value is -0.740. The second-order valence-electron chi connectivity index (χ2n) is 3.64. The maximum Gasteiger partial charge on any atom is 0.390 e. The number of rotatable bonds is 4. The van der Waals surface area contributed by atoms with Crippen molar-refractivity contribution in [3.63, 3.8) is 0 Å². The van der Waals surface area contributed by atoms with Crippen molar-refractivity contribution in [3.8, 4) is 0 Å². The summed E-state index contributed by atoms with van der Waals surface area (Å²) >= 11 is 5.69. The third-order valence-corrected chi connectivity index (χ3v) is 2.53. The number of hydrogen-bond donors (Lipinski definition) is 1. The maximum atomic E-state index is 12.2. The fourth-order valence-electron chi connectivity index (χ4n) is 1.46. The van der Waals surface area contributed by atoms with Crippen LogP contribution in [0.4, 0.5) is 13.2 Å². The molecule has 1 aromatic carbocycles. The van der Waals surface area contributed by atoms with E-state index in [1.54, 1.807) is 24.3 Å². The molecule has 0 amide bonds. The first-order chi connectivity index (χ1) is 7.40. The van der Waals surface area contributed by atoms with Gasteiger partial charge in [-0.15, -0.1) is 0 Å². The molecule has 1 unspecified atom stereocenters. The third kappa shape index (κ3) is 4.86. The van der Waals surface area contributed by atoms with Gasteiger partial charge in [-0.05, 0) is 31.2 Å². The predicted molar refractivity (Wildman–Crippen MR) is 58.7 cm³/mol. The molecule has 0 bridgehead atoms. The first-order valence-electron chi connectivity index (χ1n) is 4.89. The largest absolute Gasteiger partial charge is 0.390 e. The van der Waals surface area contributed by atoms with E-state index in [1.807, 2.05) is 0 Å². The second-order valence-corrected chi connectivity index (χ2v) is 4.07. The number of alkyl halides is 3. The molecule has 1 atom stereocenters. The van der Waals surface area contributed by atoms with E-state index in [-0.39, 0.29) is 0 Å². The smallest absolute Gasteiger partial charge is 0.316 e. The first kappa shape index (κ1) is 13.3. The van der Waals surface area contributed by atoms with Crippen LogP contribution in [0.5, 0.6) is 0 Å². The molecule has 1 nitrogen and oxygen atoms in total. The topological polar surface area (TPSA) is 12.0 Å². The lowest BCUT2D eigenvalue weighted by Gasteiger charge is -2.18. The quantitative estimate of drug-likeness (QED) is 0.865. The van der Waals surface area contributed by atoms with E-state index >= 15 is 0 Å². The average molecular weight is 252 g/mol. The number of hydrogen-bond acceptors (Lipinski definition) is 1. The molecule has 0 heterocycles. The van der Waals surface area contributed by atoms with Crippen molar-refractivity contribution in [1.29, 1.82) is 0 Å². The van der Waals surface area contributed by atoms with Crippen molar-refractivity contribution >= 4 is 11.6 Å². The molecule has 0 aromatic heterocycles. The minimum atomic E-state index is -4.14. The molecule has 90 valence electrons. The van der Waals surface area contributed by atoms with Gasteiger partial charge in [0.1, 0.15) is 0 Å². The molecule has 1 rings (SSSR count). The van der Waals surface area contributed by atoms with Crippen LogP contribution in [0.15, 0.2) is 24.3 Å². The minimum Gasteiger partial charge on any atom is -0.316 e. The first-order valence-corrected chi connectivity index (χ1v) is 5.27. The van der Waals surface area contributed by atoms with Crippen molar-refractivity contribution in [2.24, 2.45) is 0 Å². The van der Waals surface area contributed by atoms with E-state index < -0.39 is 18.6 Å². The zero-order chi connectivity index (χ0) is 12.2. The van der Waals surface area contributed by atoms with Crippen LogP contribution in [0.3, 0.4) is 0 Å². The summed E-state index contributed by atoms with van der Waals surface area (Å²) in [6, 6.07) is 6.24. The van der Waals surface area contributed by atoms with Crippen molar-refractivity contribution in [1.82, 2.24) is 5.32 Å². The highest BCUT2D eigenvalue weighted by molar-refractivity contribution is 6.30. The Kier molecular flexibility index (Phi) is 4.62. The highest BCUT2D eigenvalue weighted by atomic mass is 35.5. The zero-order valence-corrected chi connectivity index (χ0v) is 9.57. The number of halogens is 4. The summed E-state index contributed by atoms with van der Waals surface area (Å²) in [6.07, 6.45) is -4.63. The van der Waals surface area contributed by atoms with Gasteiger partial charge in [0.05, 0.1) is 6.42 Å². The Morgan fingerprint density at radius 1 is 1.25 bits per heavy atom. The van der Waals surface area contributed by atoms with Gasteiger partial charge < -0.3 is 5.32 Å². The van der Waals surface area contributed by atoms with Gasteiger partial charge in [-0.3, -0.25) is 0 Å². The Bertz CT molecular complexity index is 321. The van der Waals surface area contributed by atoms with E-state index in [9.17, 15) is 13.2 Å². The fraction of sp³-hybridized carbons (Fsp3) is 0.455. The van der Waals surface area contributed by atoms with Gasteiger partial charge in [0.2, 0.25) is 0 Å². The lowest BCUT2D eigenvalue weighted by molar-refractivity contribution is -0.139. The Morgan fingerprint density at radius 3 is 2.25 bits per heavy atom. The monoisotopic (exact) mass is 251 g/mol. The molecular weight excluding hydrogens is 239 g/mol. The van der Waals surface area contributed by atoms with Crippen molar-refractivity contribution in [2.75, 3.05) is 7.05 Å². The zero-order valence-electron chi connectivity index (χ0n) is 8.81. The van der Waals surface area contributed by atoms with Gasteiger partial charge in [0.15, 0.2) is 0 Å². The summed E-state index contributed by atoms with van der Waals surface area (Å²) < 4.78 is 36.6. The van der Waals surface area contributed by atoms with Crippen LogP contribution >= 0.6 is 11.6 Å². The summed E-state index contributed by atoms with van der Waals surface area (Å²) in [5.74, 6) is 0. The van der Waals surface area contributed by atoms with Crippen molar-refractivity contribution in [3.05, 3.63) is 34.9 Å². The minimum absolute atomic E-state index is 0.340. The SMILES string of the molecule is CNC(Cc1ccc(Cl)cc1)CC(F)(F)F. The standard InChI is InChI=1S/C11H13ClF3N/c1-16-10(7-11(13,14)15)6-8-2-4-9(12)5-3-8/h2-5,10,16H,6-7H2,1H3. The number of nitrogens with one attached hydrogen (secondary N) is 1. The maximum absolute atomic E-state index is 12.2. The molecule has 1 N–H and O–H groups in total. The molecular formula is C11H13ClF3N. The molecule has 1 aromatic rings. The highest BCUT2D eigenvalue weighted by Crippen LogP contribution is 2.23. The van der Waals surface area contributed by atoms with Crippen LogP contribution in [0, 0.1) is 0 Å². The third-order valence-electron chi connectivity index (χ3n) is 2.28. The molecule has 0 aliphatic carbocycles. The summed E-state index contributed by atoms with van der Waals surface area (Å²) in [4.78, 5) is 0. The highest BCUT2D eigenvalue weighted by Gasteiger charge is 2.31. The Balaban J connectivity index is 2.60. The van der Waals surface area contributed by atoms with Gasteiger partial charge in [0, 0.05) is 11.1 Å². The van der Waals surface area contributed by atoms with Crippen molar-refractivity contribution < 1.29 is 13.2 Å². The summed E-state index contributed by atoms with van der Waals surface area (Å²) in [5.41, 5.74) is 0.841. The van der Waals surface area contributed by atoms with Crippen LogP contribution in [0.25, 0.3) is 0 Å². The van der Waals surface area contributed by atoms with Gasteiger partial charge in [-0.1, -0.05) is 23.7 Å². The lowest BCUT2D eigenvalue weighted by atomic mass is 10.0. The molecule has 5 heteroatoms.